The van der Waals surface area contributed by atoms with Gasteiger partial charge in [-0.2, -0.15) is 5.10 Å². The van der Waals surface area contributed by atoms with Gasteiger partial charge in [-0.1, -0.05) is 42.5 Å². The van der Waals surface area contributed by atoms with Gasteiger partial charge < -0.3 is 4.90 Å². The number of benzene rings is 2. The Hall–Kier alpha value is -2.99. The van der Waals surface area contributed by atoms with Gasteiger partial charge in [-0.25, -0.2) is 0 Å². The van der Waals surface area contributed by atoms with Crippen LogP contribution < -0.4 is 5.43 Å². The first kappa shape index (κ1) is 18.4. The van der Waals surface area contributed by atoms with Crippen LogP contribution in [0.2, 0.25) is 0 Å². The summed E-state index contributed by atoms with van der Waals surface area (Å²) >= 11 is 0. The average Bonchev–Trinajstić information content (AvgIpc) is 2.75. The predicted octanol–water partition coefficient (Wildman–Crippen LogP) is 2.37. The molecule has 0 saturated carbocycles. The first-order valence-electron chi connectivity index (χ1n) is 9.73. The Balaban J connectivity index is 1.51. The van der Waals surface area contributed by atoms with Gasteiger partial charge in [0.2, 0.25) is 5.43 Å². The molecule has 0 atom stereocenters. The molecule has 6 heteroatoms. The first-order valence-corrected chi connectivity index (χ1v) is 9.73. The second-order valence-electron chi connectivity index (χ2n) is 7.06. The molecule has 0 aliphatic carbocycles. The van der Waals surface area contributed by atoms with E-state index in [2.05, 4.69) is 22.1 Å². The zero-order valence-corrected chi connectivity index (χ0v) is 16.0. The lowest BCUT2D eigenvalue weighted by Crippen LogP contribution is -2.49. The molecule has 0 bridgehead atoms. The van der Waals surface area contributed by atoms with Crippen molar-refractivity contribution in [1.29, 1.82) is 0 Å². The van der Waals surface area contributed by atoms with Crippen molar-refractivity contribution in [3.63, 3.8) is 0 Å². The maximum Gasteiger partial charge on any atom is 0.278 e. The number of carbonyl (C=O) groups is 1. The molecular formula is C22H24N4O2. The highest BCUT2D eigenvalue weighted by atomic mass is 16.2. The number of hydrogen-bond donors (Lipinski definition) is 0. The van der Waals surface area contributed by atoms with E-state index in [1.165, 1.54) is 5.56 Å². The minimum absolute atomic E-state index is 0.0251. The van der Waals surface area contributed by atoms with Crippen molar-refractivity contribution >= 4 is 16.8 Å². The van der Waals surface area contributed by atoms with Crippen molar-refractivity contribution in [3.8, 4) is 0 Å². The lowest BCUT2D eigenvalue weighted by Gasteiger charge is -2.34. The summed E-state index contributed by atoms with van der Waals surface area (Å²) in [5.41, 5.74) is 1.78. The summed E-state index contributed by atoms with van der Waals surface area (Å²) in [6, 6.07) is 17.7. The summed E-state index contributed by atoms with van der Waals surface area (Å²) in [5, 5.41) is 4.93. The molecule has 0 N–H and O–H groups in total. The largest absolute Gasteiger partial charge is 0.335 e. The fourth-order valence-corrected chi connectivity index (χ4v) is 3.72. The SMILES string of the molecule is CCn1nc(C(=O)N2CCN(Cc3ccccc3)CC2)c(=O)c2ccccc21. The number of aromatic nitrogens is 2. The zero-order chi connectivity index (χ0) is 19.5. The molecule has 144 valence electrons. The summed E-state index contributed by atoms with van der Waals surface area (Å²) in [4.78, 5) is 30.0. The van der Waals surface area contributed by atoms with Gasteiger partial charge in [0.05, 0.1) is 5.52 Å². The molecular weight excluding hydrogens is 352 g/mol. The van der Waals surface area contributed by atoms with Gasteiger partial charge in [-0.15, -0.1) is 0 Å². The zero-order valence-electron chi connectivity index (χ0n) is 16.0. The van der Waals surface area contributed by atoms with Crippen LogP contribution in [0.1, 0.15) is 23.0 Å². The molecule has 2 heterocycles. The molecule has 1 aromatic heterocycles. The van der Waals surface area contributed by atoms with Crippen molar-refractivity contribution in [2.45, 2.75) is 20.0 Å². The molecule has 4 rings (SSSR count). The van der Waals surface area contributed by atoms with E-state index in [0.717, 1.165) is 25.2 Å². The van der Waals surface area contributed by atoms with Crippen LogP contribution in [-0.2, 0) is 13.1 Å². The molecule has 0 unspecified atom stereocenters. The number of fused-ring (bicyclic) bond motifs is 1. The number of piperazine rings is 1. The van der Waals surface area contributed by atoms with Crippen LogP contribution in [-0.4, -0.2) is 51.7 Å². The number of aryl methyl sites for hydroxylation is 1. The van der Waals surface area contributed by atoms with Crippen molar-refractivity contribution < 1.29 is 4.79 Å². The second kappa shape index (κ2) is 7.94. The van der Waals surface area contributed by atoms with Gasteiger partial charge in [0.25, 0.3) is 5.91 Å². The van der Waals surface area contributed by atoms with Crippen molar-refractivity contribution in [2.24, 2.45) is 0 Å². The smallest absolute Gasteiger partial charge is 0.278 e. The van der Waals surface area contributed by atoms with E-state index in [4.69, 9.17) is 0 Å². The highest BCUT2D eigenvalue weighted by Crippen LogP contribution is 2.13. The molecule has 1 saturated heterocycles. The standard InChI is InChI=1S/C22H24N4O2/c1-2-26-19-11-7-6-10-18(19)21(27)20(23-26)22(28)25-14-12-24(13-15-25)16-17-8-4-3-5-9-17/h3-11H,2,12-16H2,1H3. The lowest BCUT2D eigenvalue weighted by molar-refractivity contribution is 0.0619. The van der Waals surface area contributed by atoms with Crippen LogP contribution in [0.4, 0.5) is 0 Å². The number of nitrogens with zero attached hydrogens (tertiary/aromatic N) is 4. The molecule has 1 amide bonds. The maximum absolute atomic E-state index is 13.0. The van der Waals surface area contributed by atoms with E-state index in [9.17, 15) is 9.59 Å². The third-order valence-electron chi connectivity index (χ3n) is 5.27. The van der Waals surface area contributed by atoms with Crippen molar-refractivity contribution in [2.75, 3.05) is 26.2 Å². The van der Waals surface area contributed by atoms with Gasteiger partial charge in [-0.3, -0.25) is 19.2 Å². The quantitative estimate of drug-likeness (QED) is 0.702. The predicted molar refractivity (Wildman–Crippen MR) is 109 cm³/mol. The van der Waals surface area contributed by atoms with Gasteiger partial charge in [0.1, 0.15) is 0 Å². The summed E-state index contributed by atoms with van der Waals surface area (Å²) in [5.74, 6) is -0.266. The molecule has 0 spiro atoms. The normalized spacial score (nSPS) is 15.1. The van der Waals surface area contributed by atoms with Crippen LogP contribution in [0.5, 0.6) is 0 Å². The van der Waals surface area contributed by atoms with Crippen LogP contribution in [0.15, 0.2) is 59.4 Å². The average molecular weight is 376 g/mol. The topological polar surface area (TPSA) is 58.4 Å². The highest BCUT2D eigenvalue weighted by molar-refractivity contribution is 5.95. The van der Waals surface area contributed by atoms with Gasteiger partial charge >= 0.3 is 0 Å². The van der Waals surface area contributed by atoms with E-state index in [-0.39, 0.29) is 17.0 Å². The molecule has 1 aliphatic heterocycles. The third kappa shape index (κ3) is 3.55. The second-order valence-corrected chi connectivity index (χ2v) is 7.06. The van der Waals surface area contributed by atoms with E-state index in [1.807, 2.05) is 43.3 Å². The summed E-state index contributed by atoms with van der Waals surface area (Å²) in [6.45, 7) is 6.22. The Labute approximate surface area is 164 Å². The molecule has 1 fully saturated rings. The Kier molecular flexibility index (Phi) is 5.21. The maximum atomic E-state index is 13.0. The van der Waals surface area contributed by atoms with E-state index < -0.39 is 0 Å². The molecule has 3 aromatic rings. The van der Waals surface area contributed by atoms with E-state index in [1.54, 1.807) is 15.6 Å². The molecule has 2 aromatic carbocycles. The Bertz CT molecular complexity index is 1040. The highest BCUT2D eigenvalue weighted by Gasteiger charge is 2.26. The van der Waals surface area contributed by atoms with Crippen molar-refractivity contribution in [1.82, 2.24) is 19.6 Å². The number of hydrogen-bond acceptors (Lipinski definition) is 4. The minimum atomic E-state index is -0.281. The molecule has 28 heavy (non-hydrogen) atoms. The summed E-state index contributed by atoms with van der Waals surface area (Å²) in [6.07, 6.45) is 0. The first-order chi connectivity index (χ1) is 13.7. The summed E-state index contributed by atoms with van der Waals surface area (Å²) < 4.78 is 1.73. The van der Waals surface area contributed by atoms with Crippen LogP contribution >= 0.6 is 0 Å². The minimum Gasteiger partial charge on any atom is -0.335 e. The van der Waals surface area contributed by atoms with Crippen LogP contribution in [0, 0.1) is 0 Å². The van der Waals surface area contributed by atoms with E-state index in [0.29, 0.717) is 25.0 Å². The van der Waals surface area contributed by atoms with Crippen molar-refractivity contribution in [3.05, 3.63) is 76.1 Å². The van der Waals surface area contributed by atoms with Gasteiger partial charge in [0, 0.05) is 44.7 Å². The van der Waals surface area contributed by atoms with E-state index >= 15 is 0 Å². The fourth-order valence-electron chi connectivity index (χ4n) is 3.72. The number of rotatable bonds is 4. The molecule has 1 aliphatic rings. The fraction of sp³-hybridized carbons (Fsp3) is 0.318. The monoisotopic (exact) mass is 376 g/mol. The number of amides is 1. The summed E-state index contributed by atoms with van der Waals surface area (Å²) in [7, 11) is 0. The lowest BCUT2D eigenvalue weighted by atomic mass is 10.1. The molecule has 6 nitrogen and oxygen atoms in total. The van der Waals surface area contributed by atoms with Gasteiger partial charge in [0.15, 0.2) is 5.69 Å². The van der Waals surface area contributed by atoms with Crippen LogP contribution in [0.25, 0.3) is 10.9 Å². The number of carbonyl (C=O) groups excluding carboxylic acids is 1. The van der Waals surface area contributed by atoms with Crippen LogP contribution in [0.3, 0.4) is 0 Å². The Morgan fingerprint density at radius 3 is 2.36 bits per heavy atom. The molecule has 0 radical (unpaired) electrons. The third-order valence-corrected chi connectivity index (χ3v) is 5.27. The van der Waals surface area contributed by atoms with Gasteiger partial charge in [-0.05, 0) is 24.6 Å². The Morgan fingerprint density at radius 1 is 0.964 bits per heavy atom. The number of para-hydroxylation sites is 1. The Morgan fingerprint density at radius 2 is 1.64 bits per heavy atom.